The molecule has 0 saturated heterocycles. The van der Waals surface area contributed by atoms with Crippen LogP contribution in [0.15, 0.2) is 93.5 Å². The van der Waals surface area contributed by atoms with E-state index in [0.29, 0.717) is 5.75 Å². The second-order valence-corrected chi connectivity index (χ2v) is 10.4. The zero-order valence-electron chi connectivity index (χ0n) is 17.6. The quantitative estimate of drug-likeness (QED) is 0.382. The van der Waals surface area contributed by atoms with Gasteiger partial charge in [-0.15, -0.1) is 0 Å². The van der Waals surface area contributed by atoms with Gasteiger partial charge in [-0.25, -0.2) is 4.39 Å². The first kappa shape index (κ1) is 21.0. The summed E-state index contributed by atoms with van der Waals surface area (Å²) >= 11 is 0. The number of rotatable bonds is 5. The van der Waals surface area contributed by atoms with Crippen molar-refractivity contribution in [2.45, 2.75) is 72.2 Å². The third-order valence-corrected chi connectivity index (χ3v) is 8.08. The van der Waals surface area contributed by atoms with Crippen LogP contribution >= 0.6 is 0 Å². The lowest BCUT2D eigenvalue weighted by molar-refractivity contribution is 0.0550. The van der Waals surface area contributed by atoms with Crippen molar-refractivity contribution in [2.24, 2.45) is 0 Å². The first-order valence-electron chi connectivity index (χ1n) is 11.0. The van der Waals surface area contributed by atoms with Crippen LogP contribution in [0.5, 0.6) is 5.75 Å². The molecule has 156 valence electrons. The molecule has 1 saturated carbocycles. The van der Waals surface area contributed by atoms with Crippen LogP contribution < -0.4 is 4.74 Å². The molecule has 0 amide bonds. The highest BCUT2D eigenvalue weighted by atomic mass is 32.2. The summed E-state index contributed by atoms with van der Waals surface area (Å²) in [5, 5.41) is 0. The highest BCUT2D eigenvalue weighted by molar-refractivity contribution is 7.97. The van der Waals surface area contributed by atoms with Gasteiger partial charge >= 0.3 is 0 Å². The van der Waals surface area contributed by atoms with Crippen LogP contribution in [0.4, 0.5) is 4.39 Å². The van der Waals surface area contributed by atoms with Crippen LogP contribution in [0.3, 0.4) is 0 Å². The SMILES string of the molecule is CC1(Oc2cc([S+](c3ccccc3)c3ccccc3)ccc2F)CCCCCCC1. The minimum Gasteiger partial charge on any atom is -0.484 e. The molecule has 1 aliphatic rings. The predicted molar refractivity (Wildman–Crippen MR) is 123 cm³/mol. The van der Waals surface area contributed by atoms with Gasteiger partial charge in [-0.05, 0) is 69.0 Å². The van der Waals surface area contributed by atoms with Crippen molar-refractivity contribution in [3.8, 4) is 5.75 Å². The van der Waals surface area contributed by atoms with E-state index in [-0.39, 0.29) is 22.3 Å². The van der Waals surface area contributed by atoms with Crippen molar-refractivity contribution in [2.75, 3.05) is 0 Å². The van der Waals surface area contributed by atoms with Crippen LogP contribution in [-0.4, -0.2) is 5.60 Å². The Bertz CT molecular complexity index is 894. The monoisotopic (exact) mass is 421 g/mol. The fourth-order valence-electron chi connectivity index (χ4n) is 4.23. The molecule has 3 aromatic rings. The summed E-state index contributed by atoms with van der Waals surface area (Å²) in [4.78, 5) is 3.52. The summed E-state index contributed by atoms with van der Waals surface area (Å²) in [6, 6.07) is 26.3. The van der Waals surface area contributed by atoms with E-state index in [4.69, 9.17) is 4.74 Å². The van der Waals surface area contributed by atoms with Crippen LogP contribution in [0.2, 0.25) is 0 Å². The lowest BCUT2D eigenvalue weighted by atomic mass is 9.88. The Labute approximate surface area is 182 Å². The lowest BCUT2D eigenvalue weighted by Crippen LogP contribution is -2.33. The standard InChI is InChI=1S/C27H30FOS/c1-27(19-11-3-2-4-12-20-27)29-26-21-24(17-18-25(26)28)30(22-13-7-5-8-14-22)23-15-9-6-10-16-23/h5-10,13-18,21H,2-4,11-12,19-20H2,1H3/q+1. The molecule has 3 heteroatoms. The Morgan fingerprint density at radius 1 is 0.700 bits per heavy atom. The highest BCUT2D eigenvalue weighted by Crippen LogP contribution is 2.37. The van der Waals surface area contributed by atoms with Gasteiger partial charge in [-0.1, -0.05) is 55.7 Å². The molecule has 0 aliphatic heterocycles. The topological polar surface area (TPSA) is 9.23 Å². The zero-order valence-corrected chi connectivity index (χ0v) is 18.5. The van der Waals surface area contributed by atoms with Crippen molar-refractivity contribution in [1.29, 1.82) is 0 Å². The minimum absolute atomic E-state index is 0.272. The van der Waals surface area contributed by atoms with Gasteiger partial charge < -0.3 is 4.74 Å². The molecule has 1 fully saturated rings. The zero-order chi connectivity index (χ0) is 20.8. The van der Waals surface area contributed by atoms with Gasteiger partial charge in [0.1, 0.15) is 5.60 Å². The first-order valence-corrected chi connectivity index (χ1v) is 12.2. The second-order valence-electron chi connectivity index (χ2n) is 8.34. The molecule has 4 rings (SSSR count). The molecule has 1 aliphatic carbocycles. The second kappa shape index (κ2) is 9.70. The maximum atomic E-state index is 14.8. The molecular weight excluding hydrogens is 391 g/mol. The molecule has 0 radical (unpaired) electrons. The maximum absolute atomic E-state index is 14.8. The average Bonchev–Trinajstić information content (AvgIpc) is 2.75. The summed E-state index contributed by atoms with van der Waals surface area (Å²) in [6.45, 7) is 2.15. The normalized spacial score (nSPS) is 16.6. The van der Waals surface area contributed by atoms with Crippen molar-refractivity contribution >= 4 is 10.9 Å². The van der Waals surface area contributed by atoms with E-state index in [2.05, 4.69) is 55.5 Å². The van der Waals surface area contributed by atoms with Gasteiger partial charge in [0, 0.05) is 6.07 Å². The minimum atomic E-state index is -0.306. The van der Waals surface area contributed by atoms with Crippen molar-refractivity contribution in [3.05, 3.63) is 84.7 Å². The average molecular weight is 422 g/mol. The van der Waals surface area contributed by atoms with Gasteiger partial charge in [0.25, 0.3) is 0 Å². The molecule has 0 unspecified atom stereocenters. The van der Waals surface area contributed by atoms with Crippen molar-refractivity contribution in [1.82, 2.24) is 0 Å². The van der Waals surface area contributed by atoms with Gasteiger partial charge in [0.05, 0.1) is 10.9 Å². The van der Waals surface area contributed by atoms with E-state index in [1.54, 1.807) is 6.07 Å². The maximum Gasteiger partial charge on any atom is 0.170 e. The molecule has 0 bridgehead atoms. The van der Waals surface area contributed by atoms with Gasteiger partial charge in [0.2, 0.25) is 0 Å². The molecule has 0 aromatic heterocycles. The molecule has 1 nitrogen and oxygen atoms in total. The summed E-state index contributed by atoms with van der Waals surface area (Å²) in [5.41, 5.74) is -0.294. The number of hydrogen-bond acceptors (Lipinski definition) is 1. The summed E-state index contributed by atoms with van der Waals surface area (Å²) < 4.78 is 21.2. The molecule has 0 N–H and O–H groups in total. The molecule has 0 atom stereocenters. The lowest BCUT2D eigenvalue weighted by Gasteiger charge is -2.32. The van der Waals surface area contributed by atoms with E-state index in [1.807, 2.05) is 24.3 Å². The molecule has 3 aromatic carbocycles. The summed E-state index contributed by atoms with van der Waals surface area (Å²) in [5.74, 6) is 0.117. The number of halogens is 1. The Kier molecular flexibility index (Phi) is 6.79. The number of hydrogen-bond donors (Lipinski definition) is 0. The van der Waals surface area contributed by atoms with E-state index in [1.165, 1.54) is 29.1 Å². The van der Waals surface area contributed by atoms with E-state index >= 15 is 0 Å². The number of benzene rings is 3. The Morgan fingerprint density at radius 3 is 1.80 bits per heavy atom. The van der Waals surface area contributed by atoms with Crippen LogP contribution in [0.1, 0.15) is 51.9 Å². The Hall–Kier alpha value is -2.26. The van der Waals surface area contributed by atoms with E-state index in [0.717, 1.165) is 30.6 Å². The fraction of sp³-hybridized carbons (Fsp3) is 0.333. The smallest absolute Gasteiger partial charge is 0.170 e. The first-order chi connectivity index (χ1) is 14.6. The fourth-order valence-corrected chi connectivity index (χ4v) is 6.34. The van der Waals surface area contributed by atoms with Crippen molar-refractivity contribution < 1.29 is 9.13 Å². The van der Waals surface area contributed by atoms with E-state index < -0.39 is 0 Å². The van der Waals surface area contributed by atoms with Gasteiger partial charge in [-0.3, -0.25) is 0 Å². The van der Waals surface area contributed by atoms with E-state index in [9.17, 15) is 4.39 Å². The largest absolute Gasteiger partial charge is 0.484 e. The molecule has 0 spiro atoms. The van der Waals surface area contributed by atoms with Gasteiger partial charge in [-0.2, -0.15) is 0 Å². The third-order valence-electron chi connectivity index (χ3n) is 5.86. The molecule has 30 heavy (non-hydrogen) atoms. The molecule has 0 heterocycles. The summed E-state index contributed by atoms with van der Waals surface area (Å²) in [7, 11) is -0.306. The predicted octanol–water partition coefficient (Wildman–Crippen LogP) is 7.80. The van der Waals surface area contributed by atoms with Crippen LogP contribution in [-0.2, 0) is 10.9 Å². The molecular formula is C27H30FOS+. The summed E-state index contributed by atoms with van der Waals surface area (Å²) in [6.07, 6.45) is 8.06. The Balaban J connectivity index is 1.69. The van der Waals surface area contributed by atoms with Crippen LogP contribution in [0.25, 0.3) is 0 Å². The number of ether oxygens (including phenoxy) is 1. The van der Waals surface area contributed by atoms with Gasteiger partial charge in [0.15, 0.2) is 26.3 Å². The van der Waals surface area contributed by atoms with Crippen molar-refractivity contribution in [3.63, 3.8) is 0 Å². The third kappa shape index (κ3) is 5.07. The van der Waals surface area contributed by atoms with Crippen LogP contribution in [0, 0.1) is 5.82 Å². The Morgan fingerprint density at radius 2 is 1.23 bits per heavy atom. The highest BCUT2D eigenvalue weighted by Gasteiger charge is 2.32.